The molecule has 0 fully saturated rings. The summed E-state index contributed by atoms with van der Waals surface area (Å²) in [6.07, 6.45) is 0. The highest BCUT2D eigenvalue weighted by atomic mass is 35.5. The Kier molecular flexibility index (Phi) is 4.90. The third-order valence-corrected chi connectivity index (χ3v) is 4.03. The Balaban J connectivity index is 3.31. The van der Waals surface area contributed by atoms with Gasteiger partial charge < -0.3 is 10.5 Å². The molecular formula is C12H14Cl3NO2. The van der Waals surface area contributed by atoms with E-state index in [0.29, 0.717) is 15.6 Å². The summed E-state index contributed by atoms with van der Waals surface area (Å²) in [5, 5.41) is 0.967. The van der Waals surface area contributed by atoms with Gasteiger partial charge in [-0.3, -0.25) is 4.79 Å². The van der Waals surface area contributed by atoms with E-state index in [2.05, 4.69) is 0 Å². The Labute approximate surface area is 121 Å². The van der Waals surface area contributed by atoms with Crippen LogP contribution < -0.4 is 5.73 Å². The lowest BCUT2D eigenvalue weighted by Gasteiger charge is -2.30. The average molecular weight is 311 g/mol. The fourth-order valence-corrected chi connectivity index (χ4v) is 2.35. The Bertz CT molecular complexity index is 475. The number of methoxy groups -OCH3 is 1. The first-order valence-electron chi connectivity index (χ1n) is 5.20. The van der Waals surface area contributed by atoms with Crippen LogP contribution in [0.3, 0.4) is 0 Å². The van der Waals surface area contributed by atoms with Crippen molar-refractivity contribution in [1.82, 2.24) is 0 Å². The Morgan fingerprint density at radius 2 is 1.78 bits per heavy atom. The van der Waals surface area contributed by atoms with Gasteiger partial charge in [-0.1, -0.05) is 34.8 Å². The zero-order valence-corrected chi connectivity index (χ0v) is 12.5. The first-order valence-corrected chi connectivity index (χ1v) is 6.34. The van der Waals surface area contributed by atoms with Gasteiger partial charge in [-0.05, 0) is 26.0 Å². The molecule has 3 nitrogen and oxygen atoms in total. The molecule has 0 radical (unpaired) electrons. The fourth-order valence-electron chi connectivity index (χ4n) is 1.58. The lowest BCUT2D eigenvalue weighted by molar-refractivity contribution is -0.152. The van der Waals surface area contributed by atoms with Gasteiger partial charge in [0.1, 0.15) is 0 Å². The summed E-state index contributed by atoms with van der Waals surface area (Å²) in [4.78, 5) is 11.7. The lowest BCUT2D eigenvalue weighted by atomic mass is 9.81. The molecule has 0 bridgehead atoms. The van der Waals surface area contributed by atoms with E-state index in [4.69, 9.17) is 45.3 Å². The fraction of sp³-hybridized carbons (Fsp3) is 0.417. The van der Waals surface area contributed by atoms with Crippen molar-refractivity contribution in [1.29, 1.82) is 0 Å². The van der Waals surface area contributed by atoms with E-state index >= 15 is 0 Å². The number of hydrogen-bond acceptors (Lipinski definition) is 3. The molecule has 0 saturated carbocycles. The molecule has 1 aromatic rings. The number of halogens is 3. The number of carbonyl (C=O) groups is 1. The van der Waals surface area contributed by atoms with Crippen LogP contribution in [0.4, 0.5) is 0 Å². The number of esters is 1. The third kappa shape index (κ3) is 2.75. The predicted octanol–water partition coefficient (Wildman–Crippen LogP) is 3.85. The number of rotatable bonds is 3. The largest absolute Gasteiger partial charge is 0.469 e. The van der Waals surface area contributed by atoms with Crippen LogP contribution in [0.2, 0.25) is 15.1 Å². The molecule has 100 valence electrons. The molecule has 0 spiro atoms. The van der Waals surface area contributed by atoms with E-state index in [0.717, 1.165) is 0 Å². The molecule has 1 aromatic carbocycles. The van der Waals surface area contributed by atoms with E-state index in [-0.39, 0.29) is 5.02 Å². The molecule has 0 aromatic heterocycles. The molecule has 2 N–H and O–H groups in total. The first kappa shape index (κ1) is 15.6. The highest BCUT2D eigenvalue weighted by Crippen LogP contribution is 2.42. The van der Waals surface area contributed by atoms with Crippen LogP contribution in [0.1, 0.15) is 25.5 Å². The number of hydrogen-bond donors (Lipinski definition) is 1. The number of carbonyl (C=O) groups excluding carboxylic acids is 1. The molecule has 6 heteroatoms. The van der Waals surface area contributed by atoms with Gasteiger partial charge in [-0.25, -0.2) is 0 Å². The van der Waals surface area contributed by atoms with Crippen molar-refractivity contribution in [2.45, 2.75) is 19.9 Å². The highest BCUT2D eigenvalue weighted by molar-refractivity contribution is 6.44. The summed E-state index contributed by atoms with van der Waals surface area (Å²) < 4.78 is 4.73. The minimum Gasteiger partial charge on any atom is -0.469 e. The van der Waals surface area contributed by atoms with Gasteiger partial charge >= 0.3 is 5.97 Å². The van der Waals surface area contributed by atoms with Crippen LogP contribution in [0.5, 0.6) is 0 Å². The maximum absolute atomic E-state index is 11.7. The molecule has 0 unspecified atom stereocenters. The molecule has 0 saturated heterocycles. The van der Waals surface area contributed by atoms with Gasteiger partial charge in [0, 0.05) is 16.6 Å². The molecule has 18 heavy (non-hydrogen) atoms. The summed E-state index contributed by atoms with van der Waals surface area (Å²) in [5.74, 6) is -0.442. The van der Waals surface area contributed by atoms with E-state index in [9.17, 15) is 4.79 Å². The second-order valence-corrected chi connectivity index (χ2v) is 5.64. The second kappa shape index (κ2) is 5.66. The summed E-state index contributed by atoms with van der Waals surface area (Å²) in [6.45, 7) is 3.33. The van der Waals surface area contributed by atoms with Crippen LogP contribution in [-0.2, 0) is 9.53 Å². The van der Waals surface area contributed by atoms with Crippen LogP contribution in [0.15, 0.2) is 12.1 Å². The SMILES string of the molecule is COC(=O)C(C)(C)[C@H](N)c1c(Cl)ccc(Cl)c1Cl. The Morgan fingerprint density at radius 1 is 1.28 bits per heavy atom. The Hall–Kier alpha value is -0.480. The lowest BCUT2D eigenvalue weighted by Crippen LogP contribution is -2.37. The van der Waals surface area contributed by atoms with Crippen molar-refractivity contribution < 1.29 is 9.53 Å². The van der Waals surface area contributed by atoms with Crippen molar-refractivity contribution in [3.8, 4) is 0 Å². The molecule has 0 aliphatic carbocycles. The van der Waals surface area contributed by atoms with E-state index in [1.807, 2.05) is 0 Å². The van der Waals surface area contributed by atoms with Gasteiger partial charge in [0.25, 0.3) is 0 Å². The van der Waals surface area contributed by atoms with E-state index in [1.165, 1.54) is 7.11 Å². The van der Waals surface area contributed by atoms with Gasteiger partial charge in [-0.2, -0.15) is 0 Å². The normalized spacial score (nSPS) is 13.3. The number of nitrogens with two attached hydrogens (primary N) is 1. The molecule has 0 amide bonds. The molecule has 0 heterocycles. The second-order valence-electron chi connectivity index (χ2n) is 4.45. The molecule has 1 atom stereocenters. The third-order valence-electron chi connectivity index (χ3n) is 2.88. The van der Waals surface area contributed by atoms with Gasteiger partial charge in [0.2, 0.25) is 0 Å². The monoisotopic (exact) mass is 309 g/mol. The van der Waals surface area contributed by atoms with Crippen LogP contribution >= 0.6 is 34.8 Å². The minimum absolute atomic E-state index is 0.258. The first-order chi connectivity index (χ1) is 8.23. The molecule has 0 aliphatic rings. The number of ether oxygens (including phenoxy) is 1. The topological polar surface area (TPSA) is 52.3 Å². The smallest absolute Gasteiger partial charge is 0.313 e. The molecule has 1 rings (SSSR count). The summed E-state index contributed by atoms with van der Waals surface area (Å²) in [6, 6.07) is 2.45. The van der Waals surface area contributed by atoms with E-state index < -0.39 is 17.4 Å². The van der Waals surface area contributed by atoms with Crippen LogP contribution in [-0.4, -0.2) is 13.1 Å². The van der Waals surface area contributed by atoms with Crippen molar-refractivity contribution in [3.63, 3.8) is 0 Å². The van der Waals surface area contributed by atoms with Crippen LogP contribution in [0.25, 0.3) is 0 Å². The van der Waals surface area contributed by atoms with Crippen molar-refractivity contribution >= 4 is 40.8 Å². The summed E-state index contributed by atoms with van der Waals surface area (Å²) in [7, 11) is 1.30. The number of benzene rings is 1. The van der Waals surface area contributed by atoms with Gasteiger partial charge in [0.15, 0.2) is 0 Å². The van der Waals surface area contributed by atoms with Gasteiger partial charge in [0.05, 0.1) is 22.6 Å². The summed E-state index contributed by atoms with van der Waals surface area (Å²) in [5.41, 5.74) is 5.57. The van der Waals surface area contributed by atoms with Gasteiger partial charge in [-0.15, -0.1) is 0 Å². The average Bonchev–Trinajstić information content (AvgIpc) is 2.33. The zero-order chi connectivity index (χ0) is 14.1. The van der Waals surface area contributed by atoms with E-state index in [1.54, 1.807) is 26.0 Å². The minimum atomic E-state index is -0.966. The maximum atomic E-state index is 11.7. The van der Waals surface area contributed by atoms with Crippen molar-refractivity contribution in [2.24, 2.45) is 11.1 Å². The summed E-state index contributed by atoms with van der Waals surface area (Å²) >= 11 is 18.1. The highest BCUT2D eigenvalue weighted by Gasteiger charge is 2.38. The van der Waals surface area contributed by atoms with Crippen molar-refractivity contribution in [2.75, 3.05) is 7.11 Å². The Morgan fingerprint density at radius 3 is 2.28 bits per heavy atom. The molecular weight excluding hydrogens is 296 g/mol. The standard InChI is InChI=1S/C12H14Cl3NO2/c1-12(2,11(17)18-3)10(16)8-6(13)4-5-7(14)9(8)15/h4-5,10H,16H2,1-3H3/t10-/m1/s1. The molecule has 0 aliphatic heterocycles. The zero-order valence-electron chi connectivity index (χ0n) is 10.3. The maximum Gasteiger partial charge on any atom is 0.313 e. The van der Waals surface area contributed by atoms with Crippen LogP contribution in [0, 0.1) is 5.41 Å². The quantitative estimate of drug-likeness (QED) is 0.681. The van der Waals surface area contributed by atoms with Crippen molar-refractivity contribution in [3.05, 3.63) is 32.8 Å². The predicted molar refractivity (Wildman–Crippen MR) is 74.2 cm³/mol.